The number of aromatic nitrogens is 2. The molecule has 1 heterocycles. The van der Waals surface area contributed by atoms with Gasteiger partial charge in [0.05, 0.1) is 0 Å². The molecule has 0 aliphatic rings. The van der Waals surface area contributed by atoms with Gasteiger partial charge in [-0.05, 0) is 25.5 Å². The van der Waals surface area contributed by atoms with Gasteiger partial charge in [0.15, 0.2) is 0 Å². The van der Waals surface area contributed by atoms with Gasteiger partial charge in [0.2, 0.25) is 11.7 Å². The summed E-state index contributed by atoms with van der Waals surface area (Å²) in [6, 6.07) is 5.19. The van der Waals surface area contributed by atoms with Gasteiger partial charge in [0, 0.05) is 24.1 Å². The molecule has 0 saturated heterocycles. The number of carboxylic acid groups (broad SMARTS) is 1. The number of hydrogen-bond donors (Lipinski definition) is 2. The van der Waals surface area contributed by atoms with Gasteiger partial charge >= 0.3 is 6.09 Å². The summed E-state index contributed by atoms with van der Waals surface area (Å²) < 4.78 is 5.07. The fraction of sp³-hybridized carbons (Fsp3) is 0.286. The molecule has 110 valence electrons. The topological polar surface area (TPSA) is 105 Å². The minimum absolute atomic E-state index is 0.0537. The molecule has 21 heavy (non-hydrogen) atoms. The van der Waals surface area contributed by atoms with E-state index in [4.69, 9.17) is 9.63 Å². The Balaban J connectivity index is 2.21. The third-order valence-electron chi connectivity index (χ3n) is 2.90. The zero-order valence-electron chi connectivity index (χ0n) is 11.7. The number of ketones is 1. The Bertz CT molecular complexity index is 679. The molecule has 0 saturated carbocycles. The Morgan fingerprint density at radius 1 is 1.38 bits per heavy atom. The number of carbonyl (C=O) groups excluding carboxylic acids is 1. The summed E-state index contributed by atoms with van der Waals surface area (Å²) in [5, 5.41) is 14.9. The second-order valence-corrected chi connectivity index (χ2v) is 4.67. The SMILES string of the molecule is CC(=O)CCc1nc(-c2ccc(C)c(NC(=O)O)c2)no1. The van der Waals surface area contributed by atoms with Crippen molar-refractivity contribution < 1.29 is 19.2 Å². The zero-order valence-corrected chi connectivity index (χ0v) is 11.7. The van der Waals surface area contributed by atoms with Crippen molar-refractivity contribution in [2.45, 2.75) is 26.7 Å². The number of hydrogen-bond acceptors (Lipinski definition) is 5. The van der Waals surface area contributed by atoms with Gasteiger partial charge < -0.3 is 14.4 Å². The van der Waals surface area contributed by atoms with Crippen LogP contribution in [-0.2, 0) is 11.2 Å². The molecule has 2 rings (SSSR count). The molecule has 0 unspecified atom stereocenters. The number of nitrogens with zero attached hydrogens (tertiary/aromatic N) is 2. The van der Waals surface area contributed by atoms with Crippen molar-refractivity contribution in [1.82, 2.24) is 10.1 Å². The number of benzene rings is 1. The summed E-state index contributed by atoms with van der Waals surface area (Å²) >= 11 is 0. The Labute approximate surface area is 121 Å². The minimum Gasteiger partial charge on any atom is -0.465 e. The highest BCUT2D eigenvalue weighted by atomic mass is 16.5. The van der Waals surface area contributed by atoms with Crippen LogP contribution < -0.4 is 5.32 Å². The Morgan fingerprint density at radius 2 is 2.14 bits per heavy atom. The van der Waals surface area contributed by atoms with Gasteiger partial charge in [-0.25, -0.2) is 4.79 Å². The Hall–Kier alpha value is -2.70. The summed E-state index contributed by atoms with van der Waals surface area (Å²) in [6.07, 6.45) is -0.388. The predicted molar refractivity (Wildman–Crippen MR) is 75.1 cm³/mol. The maximum atomic E-state index is 10.9. The van der Waals surface area contributed by atoms with Crippen molar-refractivity contribution in [3.05, 3.63) is 29.7 Å². The summed E-state index contributed by atoms with van der Waals surface area (Å²) in [5.74, 6) is 0.800. The van der Waals surface area contributed by atoms with E-state index >= 15 is 0 Å². The first-order valence-corrected chi connectivity index (χ1v) is 6.38. The highest BCUT2D eigenvalue weighted by Gasteiger charge is 2.11. The molecule has 1 amide bonds. The molecular weight excluding hydrogens is 274 g/mol. The number of rotatable bonds is 5. The maximum Gasteiger partial charge on any atom is 0.409 e. The quantitative estimate of drug-likeness (QED) is 0.876. The van der Waals surface area contributed by atoms with E-state index in [0.717, 1.165) is 5.56 Å². The molecule has 0 bridgehead atoms. The molecule has 0 spiro atoms. The van der Waals surface area contributed by atoms with Crippen LogP contribution in [-0.4, -0.2) is 27.1 Å². The molecule has 2 N–H and O–H groups in total. The maximum absolute atomic E-state index is 10.9. The van der Waals surface area contributed by atoms with E-state index in [1.807, 2.05) is 0 Å². The molecule has 1 aromatic heterocycles. The third-order valence-corrected chi connectivity index (χ3v) is 2.90. The smallest absolute Gasteiger partial charge is 0.409 e. The van der Waals surface area contributed by atoms with Gasteiger partial charge in [0.25, 0.3) is 0 Å². The lowest BCUT2D eigenvalue weighted by Gasteiger charge is -2.06. The minimum atomic E-state index is -1.13. The predicted octanol–water partition coefficient (Wildman–Crippen LogP) is 2.66. The van der Waals surface area contributed by atoms with Crippen LogP contribution in [0.1, 0.15) is 24.8 Å². The van der Waals surface area contributed by atoms with Crippen molar-refractivity contribution in [3.8, 4) is 11.4 Å². The van der Waals surface area contributed by atoms with Crippen LogP contribution >= 0.6 is 0 Å². The number of nitrogens with one attached hydrogen (secondary N) is 1. The first kappa shape index (κ1) is 14.7. The average molecular weight is 289 g/mol. The lowest BCUT2D eigenvalue weighted by molar-refractivity contribution is -0.117. The summed E-state index contributed by atoms with van der Waals surface area (Å²) in [5.41, 5.74) is 1.90. The van der Waals surface area contributed by atoms with Crippen molar-refractivity contribution in [2.75, 3.05) is 5.32 Å². The van der Waals surface area contributed by atoms with Crippen LogP contribution in [0.5, 0.6) is 0 Å². The van der Waals surface area contributed by atoms with Crippen LogP contribution in [0, 0.1) is 6.92 Å². The molecular formula is C14H15N3O4. The number of carbonyl (C=O) groups is 2. The number of Topliss-reactive ketones (excluding diaryl/α,β-unsaturated/α-hetero) is 1. The molecule has 0 fully saturated rings. The first-order valence-electron chi connectivity index (χ1n) is 6.38. The molecule has 1 aromatic carbocycles. The van der Waals surface area contributed by atoms with Crippen molar-refractivity contribution in [2.24, 2.45) is 0 Å². The third kappa shape index (κ3) is 3.88. The van der Waals surface area contributed by atoms with E-state index < -0.39 is 6.09 Å². The van der Waals surface area contributed by atoms with Gasteiger partial charge in [-0.1, -0.05) is 17.3 Å². The number of aryl methyl sites for hydroxylation is 2. The van der Waals surface area contributed by atoms with E-state index in [2.05, 4.69) is 15.5 Å². The normalized spacial score (nSPS) is 10.4. The van der Waals surface area contributed by atoms with Gasteiger partial charge in [-0.2, -0.15) is 4.98 Å². The van der Waals surface area contributed by atoms with Crippen LogP contribution in [0.25, 0.3) is 11.4 Å². The van der Waals surface area contributed by atoms with Crippen molar-refractivity contribution in [1.29, 1.82) is 0 Å². The van der Waals surface area contributed by atoms with Crippen LogP contribution in [0.3, 0.4) is 0 Å². The van der Waals surface area contributed by atoms with Crippen LogP contribution in [0.15, 0.2) is 22.7 Å². The molecule has 2 aromatic rings. The monoisotopic (exact) mass is 289 g/mol. The lowest BCUT2D eigenvalue weighted by atomic mass is 10.1. The summed E-state index contributed by atoms with van der Waals surface area (Å²) in [6.45, 7) is 3.30. The largest absolute Gasteiger partial charge is 0.465 e. The second-order valence-electron chi connectivity index (χ2n) is 4.67. The molecule has 0 aliphatic carbocycles. The molecule has 7 nitrogen and oxygen atoms in total. The van der Waals surface area contributed by atoms with E-state index in [0.29, 0.717) is 35.8 Å². The average Bonchev–Trinajstić information content (AvgIpc) is 2.87. The summed E-state index contributed by atoms with van der Waals surface area (Å²) in [7, 11) is 0. The molecule has 0 atom stereocenters. The van der Waals surface area contributed by atoms with Gasteiger partial charge in [0.1, 0.15) is 5.78 Å². The second kappa shape index (κ2) is 6.17. The highest BCUT2D eigenvalue weighted by Crippen LogP contribution is 2.23. The first-order chi connectivity index (χ1) is 9.95. The zero-order chi connectivity index (χ0) is 15.4. The fourth-order valence-electron chi connectivity index (χ4n) is 1.77. The van der Waals surface area contributed by atoms with E-state index in [9.17, 15) is 9.59 Å². The lowest BCUT2D eigenvalue weighted by Crippen LogP contribution is -2.08. The number of amides is 1. The van der Waals surface area contributed by atoms with Crippen LogP contribution in [0.2, 0.25) is 0 Å². The van der Waals surface area contributed by atoms with Crippen molar-refractivity contribution >= 4 is 17.6 Å². The highest BCUT2D eigenvalue weighted by molar-refractivity contribution is 5.85. The van der Waals surface area contributed by atoms with Gasteiger partial charge in [-0.3, -0.25) is 5.32 Å². The Morgan fingerprint density at radius 3 is 2.81 bits per heavy atom. The molecule has 0 radical (unpaired) electrons. The standard InChI is InChI=1S/C14H15N3O4/c1-8-3-5-10(7-11(8)15-14(19)20)13-16-12(21-17-13)6-4-9(2)18/h3,5,7,15H,4,6H2,1-2H3,(H,19,20). The fourth-order valence-corrected chi connectivity index (χ4v) is 1.77. The summed E-state index contributed by atoms with van der Waals surface area (Å²) in [4.78, 5) is 25.9. The Kier molecular flexibility index (Phi) is 4.32. The van der Waals surface area contributed by atoms with Crippen LogP contribution in [0.4, 0.5) is 10.5 Å². The van der Waals surface area contributed by atoms with E-state index in [1.54, 1.807) is 25.1 Å². The van der Waals surface area contributed by atoms with Gasteiger partial charge in [-0.15, -0.1) is 0 Å². The van der Waals surface area contributed by atoms with Crippen molar-refractivity contribution in [3.63, 3.8) is 0 Å². The van der Waals surface area contributed by atoms with E-state index in [1.165, 1.54) is 6.92 Å². The molecule has 0 aliphatic heterocycles. The van der Waals surface area contributed by atoms with E-state index in [-0.39, 0.29) is 5.78 Å². The molecule has 7 heteroatoms. The number of anilines is 1.